The standard InChI is InChI=1S/C23H23F3N2O5/c1-11(2)19(28-20(30)17-12-6-7-13(8-12)18(17)21(28)31)22(32)33-10-16(29)27-15-5-3-4-14(9-15)23(24,25)26/h3-7,9,11-13,17-19H,8,10H2,1-2H3,(H,27,29)/t12-,13-,17+,18+,19+/m0/s1. The minimum Gasteiger partial charge on any atom is -0.454 e. The highest BCUT2D eigenvalue weighted by atomic mass is 19.4. The zero-order valence-corrected chi connectivity index (χ0v) is 18.0. The van der Waals surface area contributed by atoms with Gasteiger partial charge in [-0.1, -0.05) is 32.1 Å². The number of benzene rings is 1. The predicted octanol–water partition coefficient (Wildman–Crippen LogP) is 3.02. The minimum absolute atomic E-state index is 0.0106. The second-order valence-corrected chi connectivity index (χ2v) is 8.97. The molecule has 4 rings (SSSR count). The number of halogens is 3. The van der Waals surface area contributed by atoms with Gasteiger partial charge in [-0.05, 0) is 42.4 Å². The van der Waals surface area contributed by atoms with Gasteiger partial charge in [0, 0.05) is 5.69 Å². The fourth-order valence-electron chi connectivity index (χ4n) is 5.07. The Morgan fingerprint density at radius 3 is 2.27 bits per heavy atom. The number of alkyl halides is 3. The van der Waals surface area contributed by atoms with Gasteiger partial charge in [-0.2, -0.15) is 13.2 Å². The van der Waals surface area contributed by atoms with Crippen molar-refractivity contribution in [2.45, 2.75) is 32.5 Å². The highest BCUT2D eigenvalue weighted by molar-refractivity contribution is 6.09. The maximum Gasteiger partial charge on any atom is 0.416 e. The number of rotatable bonds is 6. The lowest BCUT2D eigenvalue weighted by molar-refractivity contribution is -0.162. The monoisotopic (exact) mass is 464 g/mol. The van der Waals surface area contributed by atoms with Gasteiger partial charge in [0.1, 0.15) is 6.04 Å². The van der Waals surface area contributed by atoms with Crippen LogP contribution in [0.25, 0.3) is 0 Å². The number of imide groups is 1. The molecule has 2 bridgehead atoms. The van der Waals surface area contributed by atoms with Crippen LogP contribution < -0.4 is 5.32 Å². The molecule has 0 aromatic heterocycles. The molecular formula is C23H23F3N2O5. The van der Waals surface area contributed by atoms with Crippen molar-refractivity contribution >= 4 is 29.4 Å². The first kappa shape index (κ1) is 23.0. The maximum atomic E-state index is 13.0. The molecule has 1 aliphatic heterocycles. The average molecular weight is 464 g/mol. The van der Waals surface area contributed by atoms with Crippen LogP contribution in [0.1, 0.15) is 25.8 Å². The summed E-state index contributed by atoms with van der Waals surface area (Å²) in [4.78, 5) is 52.0. The summed E-state index contributed by atoms with van der Waals surface area (Å²) in [5.74, 6) is -3.96. The van der Waals surface area contributed by atoms with Crippen LogP contribution >= 0.6 is 0 Å². The second kappa shape index (κ2) is 8.31. The van der Waals surface area contributed by atoms with E-state index < -0.39 is 65.8 Å². The van der Waals surface area contributed by atoms with Crippen molar-refractivity contribution in [1.82, 2.24) is 4.90 Å². The molecule has 1 saturated heterocycles. The SMILES string of the molecule is CC(C)[C@H](C(=O)OCC(=O)Nc1cccc(C(F)(F)F)c1)N1C(=O)[C@H]2[C@H](C1=O)[C@H]1C=C[C@H]2C1. The summed E-state index contributed by atoms with van der Waals surface area (Å²) < 4.78 is 43.5. The Balaban J connectivity index is 1.40. The molecule has 1 aromatic carbocycles. The first-order chi connectivity index (χ1) is 15.5. The summed E-state index contributed by atoms with van der Waals surface area (Å²) in [5.41, 5.74) is -1.04. The van der Waals surface area contributed by atoms with E-state index in [1.165, 1.54) is 6.07 Å². The fourth-order valence-corrected chi connectivity index (χ4v) is 5.07. The third-order valence-corrected chi connectivity index (χ3v) is 6.47. The summed E-state index contributed by atoms with van der Waals surface area (Å²) >= 11 is 0. The molecule has 5 atom stereocenters. The normalized spacial score (nSPS) is 26.7. The van der Waals surface area contributed by atoms with Gasteiger partial charge in [-0.15, -0.1) is 0 Å². The van der Waals surface area contributed by atoms with Gasteiger partial charge >= 0.3 is 12.1 Å². The lowest BCUT2D eigenvalue weighted by atomic mass is 9.85. The molecular weight excluding hydrogens is 441 g/mol. The molecule has 3 amide bonds. The van der Waals surface area contributed by atoms with E-state index in [1.54, 1.807) is 13.8 Å². The Bertz CT molecular complexity index is 1010. The third-order valence-electron chi connectivity index (χ3n) is 6.47. The van der Waals surface area contributed by atoms with Crippen molar-refractivity contribution in [3.05, 3.63) is 42.0 Å². The first-order valence-corrected chi connectivity index (χ1v) is 10.7. The predicted molar refractivity (Wildman–Crippen MR) is 109 cm³/mol. The van der Waals surface area contributed by atoms with E-state index in [-0.39, 0.29) is 17.5 Å². The van der Waals surface area contributed by atoms with E-state index in [0.717, 1.165) is 29.5 Å². The molecule has 10 heteroatoms. The van der Waals surface area contributed by atoms with Gasteiger partial charge in [-0.3, -0.25) is 19.3 Å². The number of hydrogen-bond donors (Lipinski definition) is 1. The van der Waals surface area contributed by atoms with Crippen LogP contribution in [0.3, 0.4) is 0 Å². The topological polar surface area (TPSA) is 92.8 Å². The average Bonchev–Trinajstić information content (AvgIpc) is 3.42. The molecule has 2 aliphatic carbocycles. The number of amides is 3. The summed E-state index contributed by atoms with van der Waals surface area (Å²) in [6, 6.07) is 2.86. The highest BCUT2D eigenvalue weighted by Gasteiger charge is 2.61. The molecule has 7 nitrogen and oxygen atoms in total. The van der Waals surface area contributed by atoms with Gasteiger partial charge in [0.05, 0.1) is 17.4 Å². The van der Waals surface area contributed by atoms with Crippen LogP contribution in [0.15, 0.2) is 36.4 Å². The summed E-state index contributed by atoms with van der Waals surface area (Å²) in [7, 11) is 0. The molecule has 1 aromatic rings. The zero-order chi connectivity index (χ0) is 24.1. The molecule has 33 heavy (non-hydrogen) atoms. The van der Waals surface area contributed by atoms with Crippen molar-refractivity contribution in [2.24, 2.45) is 29.6 Å². The number of fused-ring (bicyclic) bond motifs is 5. The molecule has 1 N–H and O–H groups in total. The van der Waals surface area contributed by atoms with Crippen LogP contribution in [-0.4, -0.2) is 41.2 Å². The quantitative estimate of drug-likeness (QED) is 0.397. The van der Waals surface area contributed by atoms with Crippen molar-refractivity contribution < 1.29 is 37.1 Å². The summed E-state index contributed by atoms with van der Waals surface area (Å²) in [6.07, 6.45) is 0.0790. The molecule has 2 fully saturated rings. The van der Waals surface area contributed by atoms with Gasteiger partial charge in [-0.25, -0.2) is 4.79 Å². The maximum absolute atomic E-state index is 13.0. The number of carbonyl (C=O) groups is 4. The fraction of sp³-hybridized carbons (Fsp3) is 0.478. The van der Waals surface area contributed by atoms with Crippen molar-refractivity contribution in [1.29, 1.82) is 0 Å². The number of ether oxygens (including phenoxy) is 1. The number of carbonyl (C=O) groups excluding carboxylic acids is 4. The number of allylic oxidation sites excluding steroid dienone is 2. The molecule has 0 spiro atoms. The number of esters is 1. The number of likely N-dealkylation sites (tertiary alicyclic amines) is 1. The second-order valence-electron chi connectivity index (χ2n) is 8.97. The Morgan fingerprint density at radius 2 is 1.73 bits per heavy atom. The van der Waals surface area contributed by atoms with E-state index in [2.05, 4.69) is 5.32 Å². The Hall–Kier alpha value is -3.17. The summed E-state index contributed by atoms with van der Waals surface area (Å²) in [6.45, 7) is 2.56. The van der Waals surface area contributed by atoms with Crippen LogP contribution in [0, 0.1) is 29.6 Å². The molecule has 3 aliphatic rings. The van der Waals surface area contributed by atoms with Gasteiger partial charge < -0.3 is 10.1 Å². The lowest BCUT2D eigenvalue weighted by Crippen LogP contribution is -2.50. The number of hydrogen-bond acceptors (Lipinski definition) is 5. The van der Waals surface area contributed by atoms with Gasteiger partial charge in [0.2, 0.25) is 11.8 Å². The number of nitrogens with zero attached hydrogens (tertiary/aromatic N) is 1. The smallest absolute Gasteiger partial charge is 0.416 e. The Morgan fingerprint density at radius 1 is 1.12 bits per heavy atom. The van der Waals surface area contributed by atoms with E-state index in [1.807, 2.05) is 12.2 Å². The molecule has 1 saturated carbocycles. The minimum atomic E-state index is -4.57. The van der Waals surface area contributed by atoms with Gasteiger partial charge in [0.15, 0.2) is 6.61 Å². The number of nitrogens with one attached hydrogen (secondary N) is 1. The largest absolute Gasteiger partial charge is 0.454 e. The van der Waals surface area contributed by atoms with E-state index in [0.29, 0.717) is 0 Å². The Kier molecular flexibility index (Phi) is 5.79. The van der Waals surface area contributed by atoms with Crippen molar-refractivity contribution in [3.8, 4) is 0 Å². The van der Waals surface area contributed by atoms with Crippen LogP contribution in [0.5, 0.6) is 0 Å². The van der Waals surface area contributed by atoms with E-state index in [4.69, 9.17) is 4.74 Å². The molecule has 176 valence electrons. The third kappa shape index (κ3) is 4.14. The van der Waals surface area contributed by atoms with E-state index >= 15 is 0 Å². The zero-order valence-electron chi connectivity index (χ0n) is 18.0. The summed E-state index contributed by atoms with van der Waals surface area (Å²) in [5, 5.41) is 2.25. The highest BCUT2D eigenvalue weighted by Crippen LogP contribution is 2.53. The van der Waals surface area contributed by atoms with Crippen LogP contribution in [0.4, 0.5) is 18.9 Å². The first-order valence-electron chi connectivity index (χ1n) is 10.7. The van der Waals surface area contributed by atoms with Crippen LogP contribution in [0.2, 0.25) is 0 Å². The molecule has 0 unspecified atom stereocenters. The molecule has 1 heterocycles. The lowest BCUT2D eigenvalue weighted by Gasteiger charge is -2.28. The Labute approximate surface area is 187 Å². The molecule has 0 radical (unpaired) electrons. The van der Waals surface area contributed by atoms with Crippen molar-refractivity contribution in [2.75, 3.05) is 11.9 Å². The van der Waals surface area contributed by atoms with Crippen LogP contribution in [-0.2, 0) is 30.1 Å². The van der Waals surface area contributed by atoms with Crippen molar-refractivity contribution in [3.63, 3.8) is 0 Å². The van der Waals surface area contributed by atoms with Gasteiger partial charge in [0.25, 0.3) is 5.91 Å². The number of anilines is 1. The van der Waals surface area contributed by atoms with E-state index in [9.17, 15) is 32.3 Å².